The Morgan fingerprint density at radius 2 is 2.06 bits per heavy atom. The molecule has 0 spiro atoms. The monoisotopic (exact) mass is 271 g/mol. The molecule has 16 heavy (non-hydrogen) atoms. The third-order valence-electron chi connectivity index (χ3n) is 1.75. The van der Waals surface area contributed by atoms with Crippen LogP contribution in [-0.4, -0.2) is 39.2 Å². The van der Waals surface area contributed by atoms with E-state index in [2.05, 4.69) is 9.46 Å². The van der Waals surface area contributed by atoms with Crippen molar-refractivity contribution in [2.24, 2.45) is 0 Å². The van der Waals surface area contributed by atoms with Crippen molar-refractivity contribution in [3.05, 3.63) is 0 Å². The Labute approximate surface area is 102 Å². The maximum atomic E-state index is 11.3. The van der Waals surface area contributed by atoms with Gasteiger partial charge in [0.1, 0.15) is 0 Å². The van der Waals surface area contributed by atoms with Crippen molar-refractivity contribution in [2.75, 3.05) is 24.8 Å². The topological polar surface area (TPSA) is 72.5 Å². The number of carbonyl (C=O) groups excluding carboxylic acids is 1. The molecule has 0 aliphatic carbocycles. The Hall–Kier alpha value is -0.330. The second-order valence-electron chi connectivity index (χ2n) is 3.16. The maximum Gasteiger partial charge on any atom is 0.307 e. The number of nitrogens with one attached hydrogen (secondary N) is 1. The average Bonchev–Trinajstić information content (AvgIpc) is 2.18. The molecule has 0 rings (SSSR count). The minimum Gasteiger partial charge on any atom is -0.466 e. The smallest absolute Gasteiger partial charge is 0.307 e. The predicted molar refractivity (Wildman–Crippen MR) is 63.0 cm³/mol. The molecule has 0 bridgehead atoms. The van der Waals surface area contributed by atoms with Gasteiger partial charge >= 0.3 is 5.97 Å². The van der Waals surface area contributed by atoms with Crippen molar-refractivity contribution in [3.63, 3.8) is 0 Å². The second kappa shape index (κ2) is 8.78. The summed E-state index contributed by atoms with van der Waals surface area (Å²) in [6.45, 7) is 2.09. The Kier molecular flexibility index (Phi) is 8.60. The van der Waals surface area contributed by atoms with Crippen LogP contribution in [0.2, 0.25) is 0 Å². The zero-order chi connectivity index (χ0) is 12.4. The fourth-order valence-electron chi connectivity index (χ4n) is 1.00. The van der Waals surface area contributed by atoms with Crippen molar-refractivity contribution < 1.29 is 17.9 Å². The van der Waals surface area contributed by atoms with Gasteiger partial charge in [0.05, 0.1) is 18.8 Å². The molecule has 0 saturated carbocycles. The highest BCUT2D eigenvalue weighted by Gasteiger charge is 2.10. The first-order chi connectivity index (χ1) is 7.52. The summed E-state index contributed by atoms with van der Waals surface area (Å²) in [4.78, 5) is 10.9. The molecule has 0 heterocycles. The summed E-state index contributed by atoms with van der Waals surface area (Å²) >= 11 is 5.43. The van der Waals surface area contributed by atoms with Crippen molar-refractivity contribution in [2.45, 2.75) is 26.2 Å². The molecule has 1 N–H and O–H groups in total. The van der Waals surface area contributed by atoms with Crippen LogP contribution in [0.15, 0.2) is 0 Å². The molecule has 0 aliphatic rings. The van der Waals surface area contributed by atoms with Gasteiger partial charge in [0.2, 0.25) is 10.0 Å². The lowest BCUT2D eigenvalue weighted by atomic mass is 10.4. The quantitative estimate of drug-likeness (QED) is 0.384. The maximum absolute atomic E-state index is 11.3. The molecule has 0 fully saturated rings. The largest absolute Gasteiger partial charge is 0.466 e. The predicted octanol–water partition coefficient (Wildman–Crippen LogP) is 0.878. The molecule has 0 aromatic carbocycles. The van der Waals surface area contributed by atoms with E-state index in [1.54, 1.807) is 6.92 Å². The number of sulfonamides is 1. The van der Waals surface area contributed by atoms with Gasteiger partial charge in [-0.1, -0.05) is 0 Å². The van der Waals surface area contributed by atoms with E-state index in [1.807, 2.05) is 0 Å². The number of unbranched alkanes of at least 4 members (excludes halogenated alkanes) is 1. The number of hydrogen-bond donors (Lipinski definition) is 1. The molecule has 0 aromatic rings. The van der Waals surface area contributed by atoms with Crippen LogP contribution in [0.25, 0.3) is 0 Å². The number of esters is 1. The van der Waals surface area contributed by atoms with E-state index in [1.165, 1.54) is 0 Å². The van der Waals surface area contributed by atoms with Gasteiger partial charge in [-0.15, -0.1) is 11.6 Å². The number of alkyl halides is 1. The van der Waals surface area contributed by atoms with E-state index >= 15 is 0 Å². The summed E-state index contributed by atoms with van der Waals surface area (Å²) in [6, 6.07) is 0. The summed E-state index contributed by atoms with van der Waals surface area (Å²) in [5, 5.41) is 0. The van der Waals surface area contributed by atoms with E-state index < -0.39 is 16.0 Å². The summed E-state index contributed by atoms with van der Waals surface area (Å²) in [5.74, 6) is 0.104. The van der Waals surface area contributed by atoms with E-state index in [-0.39, 0.29) is 18.7 Å². The first kappa shape index (κ1) is 15.7. The first-order valence-electron chi connectivity index (χ1n) is 5.20. The summed E-state index contributed by atoms with van der Waals surface area (Å²) in [6.07, 6.45) is 1.25. The fraction of sp³-hybridized carbons (Fsp3) is 0.889. The van der Waals surface area contributed by atoms with Crippen LogP contribution in [0.4, 0.5) is 0 Å². The molecule has 0 unspecified atom stereocenters. The average molecular weight is 272 g/mol. The van der Waals surface area contributed by atoms with E-state index in [0.29, 0.717) is 25.3 Å². The lowest BCUT2D eigenvalue weighted by molar-refractivity contribution is -0.142. The normalized spacial score (nSPS) is 11.4. The number of carbonyl (C=O) groups is 1. The minimum absolute atomic E-state index is 0.0442. The van der Waals surface area contributed by atoms with Crippen molar-refractivity contribution in [1.29, 1.82) is 0 Å². The molecule has 0 aliphatic heterocycles. The minimum atomic E-state index is -3.28. The second-order valence-corrected chi connectivity index (χ2v) is 5.47. The summed E-state index contributed by atoms with van der Waals surface area (Å²) in [5.41, 5.74) is 0. The summed E-state index contributed by atoms with van der Waals surface area (Å²) in [7, 11) is -3.28. The standard InChI is InChI=1S/C9H18ClNO4S/c1-2-15-9(12)5-7-11-16(13,14)8-4-3-6-10/h11H,2-8H2,1H3. The zero-order valence-corrected chi connectivity index (χ0v) is 10.9. The Morgan fingerprint density at radius 1 is 1.38 bits per heavy atom. The highest BCUT2D eigenvalue weighted by Crippen LogP contribution is 1.96. The Bertz CT molecular complexity index is 292. The SMILES string of the molecule is CCOC(=O)CCNS(=O)(=O)CCCCCl. The highest BCUT2D eigenvalue weighted by molar-refractivity contribution is 7.89. The van der Waals surface area contributed by atoms with Crippen molar-refractivity contribution in [3.8, 4) is 0 Å². The van der Waals surface area contributed by atoms with Gasteiger partial charge in [-0.25, -0.2) is 13.1 Å². The molecule has 0 radical (unpaired) electrons. The molecule has 0 saturated heterocycles. The van der Waals surface area contributed by atoms with Crippen LogP contribution in [0.1, 0.15) is 26.2 Å². The van der Waals surface area contributed by atoms with Crippen LogP contribution < -0.4 is 4.72 Å². The van der Waals surface area contributed by atoms with E-state index in [9.17, 15) is 13.2 Å². The molecule has 0 amide bonds. The number of rotatable bonds is 9. The van der Waals surface area contributed by atoms with Crippen LogP contribution in [-0.2, 0) is 19.6 Å². The molecule has 5 nitrogen and oxygen atoms in total. The Morgan fingerprint density at radius 3 is 2.62 bits per heavy atom. The molecule has 96 valence electrons. The zero-order valence-electron chi connectivity index (χ0n) is 9.37. The third-order valence-corrected chi connectivity index (χ3v) is 3.49. The summed E-state index contributed by atoms with van der Waals surface area (Å²) < 4.78 is 29.7. The van der Waals surface area contributed by atoms with Crippen molar-refractivity contribution >= 4 is 27.6 Å². The van der Waals surface area contributed by atoms with Crippen LogP contribution in [0, 0.1) is 0 Å². The van der Waals surface area contributed by atoms with Gasteiger partial charge in [-0.2, -0.15) is 0 Å². The van der Waals surface area contributed by atoms with Gasteiger partial charge in [-0.3, -0.25) is 4.79 Å². The van der Waals surface area contributed by atoms with E-state index in [4.69, 9.17) is 11.6 Å². The molecular formula is C9H18ClNO4S. The number of hydrogen-bond acceptors (Lipinski definition) is 4. The first-order valence-corrected chi connectivity index (χ1v) is 7.39. The lowest BCUT2D eigenvalue weighted by Crippen LogP contribution is -2.29. The van der Waals surface area contributed by atoms with Crippen molar-refractivity contribution in [1.82, 2.24) is 4.72 Å². The molecule has 0 atom stereocenters. The van der Waals surface area contributed by atoms with Gasteiger partial charge in [0, 0.05) is 12.4 Å². The van der Waals surface area contributed by atoms with Crippen LogP contribution in [0.3, 0.4) is 0 Å². The van der Waals surface area contributed by atoms with Crippen LogP contribution >= 0.6 is 11.6 Å². The lowest BCUT2D eigenvalue weighted by Gasteiger charge is -2.05. The van der Waals surface area contributed by atoms with Gasteiger partial charge < -0.3 is 4.74 Å². The van der Waals surface area contributed by atoms with Gasteiger partial charge in [0.25, 0.3) is 0 Å². The third kappa shape index (κ3) is 8.94. The molecule has 0 aromatic heterocycles. The van der Waals surface area contributed by atoms with Gasteiger partial charge in [0.15, 0.2) is 0 Å². The van der Waals surface area contributed by atoms with Crippen LogP contribution in [0.5, 0.6) is 0 Å². The number of ether oxygens (including phenoxy) is 1. The van der Waals surface area contributed by atoms with E-state index in [0.717, 1.165) is 0 Å². The molecular weight excluding hydrogens is 254 g/mol. The Balaban J connectivity index is 3.69. The number of halogens is 1. The highest BCUT2D eigenvalue weighted by atomic mass is 35.5. The van der Waals surface area contributed by atoms with Gasteiger partial charge in [-0.05, 0) is 19.8 Å². The molecule has 7 heteroatoms. The fourth-order valence-corrected chi connectivity index (χ4v) is 2.33.